The van der Waals surface area contributed by atoms with Gasteiger partial charge in [0.15, 0.2) is 8.32 Å². The van der Waals surface area contributed by atoms with Crippen molar-refractivity contribution < 1.29 is 13.9 Å². The summed E-state index contributed by atoms with van der Waals surface area (Å²) in [5.41, 5.74) is 0.312. The Balaban J connectivity index is 2.31. The first kappa shape index (κ1) is 21.4. The summed E-state index contributed by atoms with van der Waals surface area (Å²) in [6, 6.07) is 2.52. The lowest BCUT2D eigenvalue weighted by Crippen LogP contribution is -2.50. The van der Waals surface area contributed by atoms with E-state index in [0.717, 1.165) is 45.7 Å². The van der Waals surface area contributed by atoms with Gasteiger partial charge in [-0.05, 0) is 45.3 Å². The molecule has 0 spiro atoms. The maximum atomic E-state index is 6.75. The van der Waals surface area contributed by atoms with Crippen molar-refractivity contribution in [2.75, 3.05) is 26.4 Å². The zero-order valence-corrected chi connectivity index (χ0v) is 18.8. The molecule has 2 atom stereocenters. The second-order valence-corrected chi connectivity index (χ2v) is 16.4. The van der Waals surface area contributed by atoms with Crippen LogP contribution in [0.25, 0.3) is 0 Å². The third-order valence-corrected chi connectivity index (χ3v) is 12.6. The van der Waals surface area contributed by atoms with Gasteiger partial charge in [-0.2, -0.15) is 0 Å². The first-order valence-electron chi connectivity index (χ1n) is 9.58. The van der Waals surface area contributed by atoms with Crippen molar-refractivity contribution in [3.63, 3.8) is 0 Å². The van der Waals surface area contributed by atoms with Crippen molar-refractivity contribution in [2.45, 2.75) is 83.9 Å². The quantitative estimate of drug-likeness (QED) is 0.375. The molecule has 1 fully saturated rings. The van der Waals surface area contributed by atoms with Crippen molar-refractivity contribution in [1.82, 2.24) is 0 Å². The molecule has 3 nitrogen and oxygen atoms in total. The molecule has 2 unspecified atom stereocenters. The van der Waals surface area contributed by atoms with Gasteiger partial charge in [0.25, 0.3) is 0 Å². The Morgan fingerprint density at radius 3 is 2.30 bits per heavy atom. The van der Waals surface area contributed by atoms with Crippen molar-refractivity contribution in [1.29, 1.82) is 0 Å². The molecule has 0 aliphatic carbocycles. The number of hydrogen-bond donors (Lipinski definition) is 0. The van der Waals surface area contributed by atoms with Crippen LogP contribution in [-0.2, 0) is 13.9 Å². The molecular formula is C18H40O3Si2. The van der Waals surface area contributed by atoms with E-state index in [1.165, 1.54) is 12.1 Å². The first-order chi connectivity index (χ1) is 10.7. The fraction of sp³-hybridized carbons (Fsp3) is 1.00. The Bertz CT molecular complexity index is 340. The smallest absolute Gasteiger partial charge is 0.187 e. The molecule has 1 aliphatic rings. The highest BCUT2D eigenvalue weighted by molar-refractivity contribution is 6.72. The Kier molecular flexibility index (Phi) is 8.48. The standard InChI is InChI=1S/C18H40O3Si2/c1-8-17(4,22(5)10-3)21-23(6,7)13-11-12-19-14-18(9-2)15-20-16-18/h22H,8-16H2,1-7H3. The highest BCUT2D eigenvalue weighted by atomic mass is 28.4. The summed E-state index contributed by atoms with van der Waals surface area (Å²) in [6.07, 6.45) is 3.44. The van der Waals surface area contributed by atoms with Gasteiger partial charge in [-0.25, -0.2) is 0 Å². The fourth-order valence-corrected chi connectivity index (χ4v) is 9.13. The highest BCUT2D eigenvalue weighted by Crippen LogP contribution is 2.32. The summed E-state index contributed by atoms with van der Waals surface area (Å²) in [6.45, 7) is 19.9. The maximum absolute atomic E-state index is 6.75. The van der Waals surface area contributed by atoms with Gasteiger partial charge in [0, 0.05) is 17.2 Å². The lowest BCUT2D eigenvalue weighted by Gasteiger charge is -2.41. The van der Waals surface area contributed by atoms with Crippen molar-refractivity contribution >= 4 is 17.1 Å². The van der Waals surface area contributed by atoms with Crippen LogP contribution in [0.5, 0.6) is 0 Å². The molecule has 0 aromatic rings. The second kappa shape index (κ2) is 9.13. The second-order valence-electron chi connectivity index (χ2n) is 8.34. The molecule has 0 saturated carbocycles. The van der Waals surface area contributed by atoms with E-state index in [-0.39, 0.29) is 5.22 Å². The summed E-state index contributed by atoms with van der Waals surface area (Å²) in [5.74, 6) is 0. The van der Waals surface area contributed by atoms with Gasteiger partial charge in [0.1, 0.15) is 0 Å². The Morgan fingerprint density at radius 2 is 1.87 bits per heavy atom. The van der Waals surface area contributed by atoms with Crippen LogP contribution >= 0.6 is 0 Å². The fourth-order valence-electron chi connectivity index (χ4n) is 3.30. The maximum Gasteiger partial charge on any atom is 0.187 e. The average molecular weight is 361 g/mol. The zero-order valence-electron chi connectivity index (χ0n) is 16.7. The predicted molar refractivity (Wildman–Crippen MR) is 105 cm³/mol. The van der Waals surface area contributed by atoms with Gasteiger partial charge in [0.2, 0.25) is 0 Å². The van der Waals surface area contributed by atoms with E-state index < -0.39 is 17.1 Å². The van der Waals surface area contributed by atoms with Crippen LogP contribution in [-0.4, -0.2) is 48.8 Å². The molecule has 1 rings (SSSR count). The van der Waals surface area contributed by atoms with Gasteiger partial charge in [-0.15, -0.1) is 0 Å². The van der Waals surface area contributed by atoms with Gasteiger partial charge in [0.05, 0.1) is 28.6 Å². The minimum atomic E-state index is -1.61. The zero-order chi connectivity index (χ0) is 17.6. The van der Waals surface area contributed by atoms with E-state index in [1.54, 1.807) is 0 Å². The molecule has 0 amide bonds. The predicted octanol–water partition coefficient (Wildman–Crippen LogP) is 4.63. The molecule has 1 aliphatic heterocycles. The normalized spacial score (nSPS) is 21.5. The number of rotatable bonds is 12. The summed E-state index contributed by atoms with van der Waals surface area (Å²) < 4.78 is 18.1. The third kappa shape index (κ3) is 6.27. The summed E-state index contributed by atoms with van der Waals surface area (Å²) in [4.78, 5) is 0. The van der Waals surface area contributed by atoms with E-state index in [2.05, 4.69) is 47.3 Å². The monoisotopic (exact) mass is 360 g/mol. The topological polar surface area (TPSA) is 27.7 Å². The highest BCUT2D eigenvalue weighted by Gasteiger charge is 2.38. The minimum absolute atomic E-state index is 0.168. The molecule has 0 bridgehead atoms. The van der Waals surface area contributed by atoms with Crippen molar-refractivity contribution in [2.24, 2.45) is 5.41 Å². The summed E-state index contributed by atoms with van der Waals surface area (Å²) >= 11 is 0. The Morgan fingerprint density at radius 1 is 1.22 bits per heavy atom. The van der Waals surface area contributed by atoms with Gasteiger partial charge in [-0.3, -0.25) is 0 Å². The van der Waals surface area contributed by atoms with E-state index in [9.17, 15) is 0 Å². The summed E-state index contributed by atoms with van der Waals surface area (Å²) in [7, 11) is -2.42. The third-order valence-electron chi connectivity index (χ3n) is 5.91. The molecule has 0 aromatic carbocycles. The largest absolute Gasteiger partial charge is 0.415 e. The van der Waals surface area contributed by atoms with Crippen molar-refractivity contribution in [3.8, 4) is 0 Å². The van der Waals surface area contributed by atoms with Crippen LogP contribution in [0.2, 0.25) is 31.7 Å². The van der Waals surface area contributed by atoms with E-state index in [0.29, 0.717) is 5.41 Å². The lowest BCUT2D eigenvalue weighted by atomic mass is 9.84. The van der Waals surface area contributed by atoms with Crippen LogP contribution in [0.3, 0.4) is 0 Å². The molecule has 0 N–H and O–H groups in total. The summed E-state index contributed by atoms with van der Waals surface area (Å²) in [5, 5.41) is 0.168. The molecule has 1 heterocycles. The molecule has 5 heteroatoms. The van der Waals surface area contributed by atoms with Crippen LogP contribution in [0.1, 0.15) is 47.0 Å². The molecule has 1 saturated heterocycles. The van der Waals surface area contributed by atoms with Gasteiger partial charge >= 0.3 is 0 Å². The molecule has 138 valence electrons. The molecule has 0 radical (unpaired) electrons. The molecule has 23 heavy (non-hydrogen) atoms. The number of ether oxygens (including phenoxy) is 2. The van der Waals surface area contributed by atoms with Gasteiger partial charge in [-0.1, -0.05) is 33.4 Å². The van der Waals surface area contributed by atoms with E-state index in [1.807, 2.05) is 0 Å². The van der Waals surface area contributed by atoms with Crippen LogP contribution in [0.15, 0.2) is 0 Å². The van der Waals surface area contributed by atoms with Crippen LogP contribution in [0, 0.1) is 5.41 Å². The Hall–Kier alpha value is 0.314. The van der Waals surface area contributed by atoms with Crippen molar-refractivity contribution in [3.05, 3.63) is 0 Å². The van der Waals surface area contributed by atoms with Gasteiger partial charge < -0.3 is 13.9 Å². The van der Waals surface area contributed by atoms with Crippen LogP contribution < -0.4 is 0 Å². The van der Waals surface area contributed by atoms with E-state index >= 15 is 0 Å². The lowest BCUT2D eigenvalue weighted by molar-refractivity contribution is -0.150. The molecule has 0 aromatic heterocycles. The first-order valence-corrected chi connectivity index (χ1v) is 15.2. The van der Waals surface area contributed by atoms with E-state index in [4.69, 9.17) is 13.9 Å². The Labute approximate surface area is 147 Å². The minimum Gasteiger partial charge on any atom is -0.415 e. The SMILES string of the molecule is CC[SiH](C)C(C)(CC)O[Si](C)(C)CCCOCC1(CC)COC1. The average Bonchev–Trinajstić information content (AvgIpc) is 2.47. The number of hydrogen-bond acceptors (Lipinski definition) is 3. The van der Waals surface area contributed by atoms with Crippen LogP contribution in [0.4, 0.5) is 0 Å². The molecular weight excluding hydrogens is 320 g/mol.